The highest BCUT2D eigenvalue weighted by Crippen LogP contribution is 2.40. The maximum absolute atomic E-state index is 13.5. The molecule has 238 valence electrons. The Hall–Kier alpha value is -3.45. The number of halogens is 3. The lowest BCUT2D eigenvalue weighted by molar-refractivity contribution is -0.153. The molecule has 9 nitrogen and oxygen atoms in total. The van der Waals surface area contributed by atoms with E-state index in [1.807, 2.05) is 23.1 Å². The number of fused-ring (bicyclic) bond motifs is 1. The molecule has 2 fully saturated rings. The van der Waals surface area contributed by atoms with E-state index in [0.29, 0.717) is 58.0 Å². The van der Waals surface area contributed by atoms with Gasteiger partial charge in [-0.1, -0.05) is 0 Å². The van der Waals surface area contributed by atoms with Crippen molar-refractivity contribution < 1.29 is 42.4 Å². The first kappa shape index (κ1) is 32.0. The summed E-state index contributed by atoms with van der Waals surface area (Å²) < 4.78 is 56.5. The number of aromatic nitrogens is 1. The molecule has 0 unspecified atom stereocenters. The minimum atomic E-state index is -1.55. The van der Waals surface area contributed by atoms with E-state index in [4.69, 9.17) is 14.2 Å². The van der Waals surface area contributed by atoms with Gasteiger partial charge in [-0.25, -0.2) is 13.2 Å². The van der Waals surface area contributed by atoms with Gasteiger partial charge in [0.25, 0.3) is 0 Å². The van der Waals surface area contributed by atoms with E-state index in [0.717, 1.165) is 47.3 Å². The quantitative estimate of drug-likeness (QED) is 0.283. The number of likely N-dealkylation sites (tertiary alicyclic amines) is 1. The van der Waals surface area contributed by atoms with Gasteiger partial charge in [-0.2, -0.15) is 0 Å². The van der Waals surface area contributed by atoms with Crippen molar-refractivity contribution in [2.75, 3.05) is 59.7 Å². The fourth-order valence-corrected chi connectivity index (χ4v) is 6.12. The van der Waals surface area contributed by atoms with E-state index in [2.05, 4.69) is 9.88 Å². The Labute approximate surface area is 254 Å². The number of carbonyl (C=O) groups is 1. The van der Waals surface area contributed by atoms with Gasteiger partial charge < -0.3 is 24.4 Å². The number of methoxy groups -OCH3 is 1. The summed E-state index contributed by atoms with van der Waals surface area (Å²) in [5.74, 6) is -4.55. The highest BCUT2D eigenvalue weighted by Gasteiger charge is 2.41. The molecule has 2 saturated heterocycles. The standard InChI is InChI=1S/C32H38F3N3O6/c1-42-22-2-3-27-24(16-22)29(21(19-36-27)20-38-10-13-43-14-11-38)28(39)4-5-32(31(40)41)6-8-37(9-7-32)12-15-44-23-17-25(33)30(35)26(34)18-23/h2-3,16-19,28,39H,4-15,20H2,1H3,(H,40,41)/t28-/m1/s1. The number of hydrogen-bond acceptors (Lipinski definition) is 8. The largest absolute Gasteiger partial charge is 0.497 e. The Morgan fingerprint density at radius 3 is 2.41 bits per heavy atom. The van der Waals surface area contributed by atoms with Crippen LogP contribution in [0.2, 0.25) is 0 Å². The van der Waals surface area contributed by atoms with Crippen LogP contribution in [-0.4, -0.2) is 90.6 Å². The molecule has 2 aromatic carbocycles. The molecule has 44 heavy (non-hydrogen) atoms. The van der Waals surface area contributed by atoms with Gasteiger partial charge in [0.15, 0.2) is 17.5 Å². The molecule has 2 N–H and O–H groups in total. The van der Waals surface area contributed by atoms with Gasteiger partial charge in [0.05, 0.1) is 37.4 Å². The van der Waals surface area contributed by atoms with Gasteiger partial charge in [0, 0.05) is 49.9 Å². The zero-order chi connectivity index (χ0) is 31.3. The highest BCUT2D eigenvalue weighted by atomic mass is 19.2. The smallest absolute Gasteiger partial charge is 0.309 e. The SMILES string of the molecule is COc1ccc2ncc(CN3CCOCC3)c([C@H](O)CCC3(C(=O)O)CCN(CCOc4cc(F)c(F)c(F)c4)CC3)c2c1. The molecule has 2 aliphatic rings. The number of rotatable bonds is 12. The number of pyridine rings is 1. The predicted molar refractivity (Wildman–Crippen MR) is 156 cm³/mol. The van der Waals surface area contributed by atoms with Gasteiger partial charge in [-0.15, -0.1) is 0 Å². The lowest BCUT2D eigenvalue weighted by atomic mass is 9.74. The lowest BCUT2D eigenvalue weighted by Crippen LogP contribution is -2.45. The normalized spacial score (nSPS) is 18.3. The molecule has 3 aromatic rings. The first-order chi connectivity index (χ1) is 21.2. The molecule has 1 atom stereocenters. The summed E-state index contributed by atoms with van der Waals surface area (Å²) in [7, 11) is 1.58. The van der Waals surface area contributed by atoms with Crippen LogP contribution in [-0.2, 0) is 16.1 Å². The van der Waals surface area contributed by atoms with Crippen molar-refractivity contribution in [1.29, 1.82) is 0 Å². The number of piperidine rings is 1. The molecule has 1 aromatic heterocycles. The van der Waals surface area contributed by atoms with E-state index in [9.17, 15) is 28.2 Å². The second kappa shape index (κ2) is 14.1. The first-order valence-electron chi connectivity index (χ1n) is 14.9. The Kier molecular flexibility index (Phi) is 10.2. The minimum Gasteiger partial charge on any atom is -0.497 e. The number of hydrogen-bond donors (Lipinski definition) is 2. The third-order valence-electron chi connectivity index (χ3n) is 8.83. The van der Waals surface area contributed by atoms with Crippen LogP contribution in [0.3, 0.4) is 0 Å². The minimum absolute atomic E-state index is 0.105. The molecule has 0 spiro atoms. The third kappa shape index (κ3) is 7.26. The Morgan fingerprint density at radius 1 is 1.05 bits per heavy atom. The van der Waals surface area contributed by atoms with Gasteiger partial charge in [-0.05, 0) is 68.1 Å². The molecule has 0 saturated carbocycles. The molecular formula is C32H38F3N3O6. The van der Waals surface area contributed by atoms with E-state index < -0.39 is 34.9 Å². The number of aliphatic hydroxyl groups is 1. The fourth-order valence-electron chi connectivity index (χ4n) is 6.12. The number of aliphatic carboxylic acids is 1. The molecular weight excluding hydrogens is 579 g/mol. The number of carboxylic acid groups (broad SMARTS) is 1. The van der Waals surface area contributed by atoms with Gasteiger partial charge in [-0.3, -0.25) is 19.6 Å². The second-order valence-corrected chi connectivity index (χ2v) is 11.5. The number of aliphatic hydroxyl groups excluding tert-OH is 1. The second-order valence-electron chi connectivity index (χ2n) is 11.5. The zero-order valence-corrected chi connectivity index (χ0v) is 24.7. The van der Waals surface area contributed by atoms with Crippen molar-refractivity contribution in [1.82, 2.24) is 14.8 Å². The fraction of sp³-hybridized carbons (Fsp3) is 0.500. The van der Waals surface area contributed by atoms with Crippen LogP contribution in [0.5, 0.6) is 11.5 Å². The Balaban J connectivity index is 1.25. The number of benzene rings is 2. The van der Waals surface area contributed by atoms with Crippen molar-refractivity contribution in [3.8, 4) is 11.5 Å². The van der Waals surface area contributed by atoms with Crippen LogP contribution in [0.4, 0.5) is 13.2 Å². The number of ether oxygens (including phenoxy) is 3. The van der Waals surface area contributed by atoms with E-state index in [-0.39, 0.29) is 25.2 Å². The summed E-state index contributed by atoms with van der Waals surface area (Å²) in [6.07, 6.45) is 2.17. The van der Waals surface area contributed by atoms with Gasteiger partial charge in [0.2, 0.25) is 0 Å². The maximum Gasteiger partial charge on any atom is 0.309 e. The Bertz CT molecular complexity index is 1440. The molecule has 0 bridgehead atoms. The summed E-state index contributed by atoms with van der Waals surface area (Å²) in [5, 5.41) is 22.7. The topological polar surface area (TPSA) is 105 Å². The van der Waals surface area contributed by atoms with Crippen LogP contribution in [0.1, 0.15) is 42.9 Å². The van der Waals surface area contributed by atoms with Crippen molar-refractivity contribution >= 4 is 16.9 Å². The summed E-state index contributed by atoms with van der Waals surface area (Å²) in [5.41, 5.74) is 1.34. The molecule has 0 amide bonds. The molecule has 0 aliphatic carbocycles. The maximum atomic E-state index is 13.5. The Morgan fingerprint density at radius 2 is 1.75 bits per heavy atom. The van der Waals surface area contributed by atoms with Crippen molar-refractivity contribution in [3.05, 3.63) is 65.1 Å². The van der Waals surface area contributed by atoms with Gasteiger partial charge >= 0.3 is 5.97 Å². The van der Waals surface area contributed by atoms with Crippen molar-refractivity contribution in [2.45, 2.75) is 38.3 Å². The lowest BCUT2D eigenvalue weighted by Gasteiger charge is -2.39. The monoisotopic (exact) mass is 617 g/mol. The molecule has 3 heterocycles. The number of nitrogens with zero attached hydrogens (tertiary/aromatic N) is 3. The summed E-state index contributed by atoms with van der Waals surface area (Å²) in [4.78, 5) is 21.5. The van der Waals surface area contributed by atoms with Crippen molar-refractivity contribution in [3.63, 3.8) is 0 Å². The first-order valence-corrected chi connectivity index (χ1v) is 14.9. The molecule has 5 rings (SSSR count). The summed E-state index contributed by atoms with van der Waals surface area (Å²) >= 11 is 0. The summed E-state index contributed by atoms with van der Waals surface area (Å²) in [6, 6.07) is 7.13. The van der Waals surface area contributed by atoms with Crippen LogP contribution in [0, 0.1) is 22.9 Å². The highest BCUT2D eigenvalue weighted by molar-refractivity contribution is 5.85. The predicted octanol–water partition coefficient (Wildman–Crippen LogP) is 4.55. The third-order valence-corrected chi connectivity index (χ3v) is 8.83. The van der Waals surface area contributed by atoms with Crippen LogP contribution in [0.25, 0.3) is 10.9 Å². The average molecular weight is 618 g/mol. The molecule has 12 heteroatoms. The van der Waals surface area contributed by atoms with E-state index in [1.165, 1.54) is 0 Å². The average Bonchev–Trinajstić information content (AvgIpc) is 3.03. The van der Waals surface area contributed by atoms with Crippen LogP contribution >= 0.6 is 0 Å². The van der Waals surface area contributed by atoms with Crippen LogP contribution < -0.4 is 9.47 Å². The molecule has 0 radical (unpaired) electrons. The van der Waals surface area contributed by atoms with E-state index >= 15 is 0 Å². The van der Waals surface area contributed by atoms with Crippen LogP contribution in [0.15, 0.2) is 36.5 Å². The van der Waals surface area contributed by atoms with Crippen molar-refractivity contribution in [2.24, 2.45) is 5.41 Å². The summed E-state index contributed by atoms with van der Waals surface area (Å²) in [6.45, 7) is 4.89. The molecule has 2 aliphatic heterocycles. The zero-order valence-electron chi connectivity index (χ0n) is 24.7. The van der Waals surface area contributed by atoms with E-state index in [1.54, 1.807) is 13.3 Å². The van der Waals surface area contributed by atoms with Gasteiger partial charge in [0.1, 0.15) is 18.1 Å². The number of morpholine rings is 1. The number of carboxylic acids is 1.